The van der Waals surface area contributed by atoms with Gasteiger partial charge in [-0.25, -0.2) is 4.68 Å². The molecule has 4 nitrogen and oxygen atoms in total. The van der Waals surface area contributed by atoms with Crippen LogP contribution in [0.5, 0.6) is 0 Å². The number of nitrogens with two attached hydrogens (primary N) is 1. The van der Waals surface area contributed by atoms with Crippen LogP contribution in [0.4, 0.5) is 11.4 Å². The van der Waals surface area contributed by atoms with Crippen LogP contribution in [0, 0.1) is 0 Å². The quantitative estimate of drug-likeness (QED) is 0.751. The van der Waals surface area contributed by atoms with Crippen LogP contribution >= 0.6 is 0 Å². The lowest BCUT2D eigenvalue weighted by Crippen LogP contribution is -2.07. The average Bonchev–Trinajstić information content (AvgIpc) is 2.68. The molecule has 78 valence electrons. The Labute approximate surface area is 88.9 Å². The van der Waals surface area contributed by atoms with Gasteiger partial charge in [0.05, 0.1) is 23.8 Å². The fourth-order valence-corrected chi connectivity index (χ4v) is 1.31. The minimum Gasteiger partial charge on any atom is -0.399 e. The largest absolute Gasteiger partial charge is 0.399 e. The Bertz CT molecular complexity index is 442. The first-order chi connectivity index (χ1) is 7.16. The Morgan fingerprint density at radius 3 is 2.40 bits per heavy atom. The second-order valence-electron chi connectivity index (χ2n) is 3.63. The van der Waals surface area contributed by atoms with Crippen LogP contribution in [-0.4, -0.2) is 23.9 Å². The van der Waals surface area contributed by atoms with E-state index in [0.29, 0.717) is 0 Å². The Morgan fingerprint density at radius 2 is 1.87 bits per heavy atom. The number of anilines is 2. The van der Waals surface area contributed by atoms with E-state index in [1.807, 2.05) is 60.3 Å². The van der Waals surface area contributed by atoms with Crippen molar-refractivity contribution in [1.82, 2.24) is 9.78 Å². The van der Waals surface area contributed by atoms with E-state index in [9.17, 15) is 0 Å². The van der Waals surface area contributed by atoms with Crippen molar-refractivity contribution in [2.24, 2.45) is 0 Å². The van der Waals surface area contributed by atoms with Gasteiger partial charge in [0.25, 0.3) is 0 Å². The third kappa shape index (κ3) is 1.93. The number of nitrogens with zero attached hydrogens (tertiary/aromatic N) is 3. The lowest BCUT2D eigenvalue weighted by molar-refractivity contribution is 0.880. The van der Waals surface area contributed by atoms with Crippen LogP contribution in [0.3, 0.4) is 0 Å². The van der Waals surface area contributed by atoms with Crippen molar-refractivity contribution in [3.05, 3.63) is 36.7 Å². The molecule has 0 unspecified atom stereocenters. The zero-order valence-corrected chi connectivity index (χ0v) is 8.88. The van der Waals surface area contributed by atoms with Crippen LogP contribution in [0.2, 0.25) is 0 Å². The van der Waals surface area contributed by atoms with Crippen molar-refractivity contribution in [3.63, 3.8) is 0 Å². The zero-order valence-electron chi connectivity index (χ0n) is 8.88. The van der Waals surface area contributed by atoms with E-state index in [-0.39, 0.29) is 0 Å². The van der Waals surface area contributed by atoms with Crippen molar-refractivity contribution < 1.29 is 0 Å². The van der Waals surface area contributed by atoms with Crippen molar-refractivity contribution in [3.8, 4) is 5.69 Å². The molecule has 2 aromatic rings. The molecule has 0 atom stereocenters. The summed E-state index contributed by atoms with van der Waals surface area (Å²) in [6.07, 6.45) is 3.81. The topological polar surface area (TPSA) is 47.1 Å². The molecule has 15 heavy (non-hydrogen) atoms. The van der Waals surface area contributed by atoms with Crippen molar-refractivity contribution in [2.75, 3.05) is 24.7 Å². The molecule has 0 bridgehead atoms. The maximum absolute atomic E-state index is 5.62. The summed E-state index contributed by atoms with van der Waals surface area (Å²) >= 11 is 0. The number of rotatable bonds is 2. The monoisotopic (exact) mass is 202 g/mol. The van der Waals surface area contributed by atoms with Crippen LogP contribution < -0.4 is 10.6 Å². The molecular weight excluding hydrogens is 188 g/mol. The first-order valence-electron chi connectivity index (χ1n) is 4.75. The molecule has 0 fully saturated rings. The first-order valence-corrected chi connectivity index (χ1v) is 4.75. The second-order valence-corrected chi connectivity index (χ2v) is 3.63. The van der Waals surface area contributed by atoms with Crippen LogP contribution in [-0.2, 0) is 0 Å². The number of hydrogen-bond acceptors (Lipinski definition) is 3. The third-order valence-corrected chi connectivity index (χ3v) is 2.24. The van der Waals surface area contributed by atoms with Gasteiger partial charge < -0.3 is 10.6 Å². The summed E-state index contributed by atoms with van der Waals surface area (Å²) in [6, 6.07) is 7.63. The van der Waals surface area contributed by atoms with E-state index in [4.69, 9.17) is 5.73 Å². The van der Waals surface area contributed by atoms with Crippen molar-refractivity contribution in [1.29, 1.82) is 0 Å². The first kappa shape index (κ1) is 9.58. The fraction of sp³-hybridized carbons (Fsp3) is 0.182. The molecule has 4 heteroatoms. The highest BCUT2D eigenvalue weighted by atomic mass is 15.3. The maximum Gasteiger partial charge on any atom is 0.0752 e. The molecule has 0 amide bonds. The molecule has 2 N–H and O–H groups in total. The Kier molecular flexibility index (Phi) is 2.33. The highest BCUT2D eigenvalue weighted by molar-refractivity contribution is 5.47. The minimum absolute atomic E-state index is 0.763. The molecule has 0 saturated carbocycles. The zero-order chi connectivity index (χ0) is 10.8. The standard InChI is InChI=1S/C11H14N4/c1-14(2)11-7-13-15(8-11)10-5-3-9(12)4-6-10/h3-8H,12H2,1-2H3. The van der Waals surface area contributed by atoms with Crippen LogP contribution in [0.1, 0.15) is 0 Å². The molecule has 0 aliphatic carbocycles. The summed E-state index contributed by atoms with van der Waals surface area (Å²) < 4.78 is 1.83. The highest BCUT2D eigenvalue weighted by Crippen LogP contribution is 2.14. The number of aromatic nitrogens is 2. The molecule has 0 radical (unpaired) electrons. The molecule has 0 spiro atoms. The molecule has 0 aliphatic rings. The second kappa shape index (κ2) is 3.65. The minimum atomic E-state index is 0.763. The van der Waals surface area contributed by atoms with Gasteiger partial charge in [0.2, 0.25) is 0 Å². The summed E-state index contributed by atoms with van der Waals surface area (Å²) in [5.41, 5.74) is 8.47. The molecule has 0 saturated heterocycles. The van der Waals surface area contributed by atoms with Crippen molar-refractivity contribution in [2.45, 2.75) is 0 Å². The van der Waals surface area contributed by atoms with Gasteiger partial charge in [-0.15, -0.1) is 0 Å². The van der Waals surface area contributed by atoms with E-state index in [2.05, 4.69) is 5.10 Å². The molecular formula is C11H14N4. The summed E-state index contributed by atoms with van der Waals surface area (Å²) in [5.74, 6) is 0. The predicted octanol–water partition coefficient (Wildman–Crippen LogP) is 1.52. The third-order valence-electron chi connectivity index (χ3n) is 2.24. The molecule has 1 aromatic carbocycles. The number of benzene rings is 1. The van der Waals surface area contributed by atoms with Gasteiger partial charge in [-0.3, -0.25) is 0 Å². The average molecular weight is 202 g/mol. The van der Waals surface area contributed by atoms with Gasteiger partial charge >= 0.3 is 0 Å². The normalized spacial score (nSPS) is 10.3. The highest BCUT2D eigenvalue weighted by Gasteiger charge is 2.01. The smallest absolute Gasteiger partial charge is 0.0752 e. The van der Waals surface area contributed by atoms with E-state index in [1.165, 1.54) is 0 Å². The molecule has 2 rings (SSSR count). The van der Waals surface area contributed by atoms with E-state index in [0.717, 1.165) is 17.1 Å². The summed E-state index contributed by atoms with van der Waals surface area (Å²) in [4.78, 5) is 2.01. The van der Waals surface area contributed by atoms with Gasteiger partial charge in [0, 0.05) is 19.8 Å². The number of nitrogen functional groups attached to an aromatic ring is 1. The van der Waals surface area contributed by atoms with Gasteiger partial charge in [0.1, 0.15) is 0 Å². The van der Waals surface area contributed by atoms with Gasteiger partial charge in [-0.1, -0.05) is 0 Å². The van der Waals surface area contributed by atoms with E-state index >= 15 is 0 Å². The summed E-state index contributed by atoms with van der Waals surface area (Å²) in [6.45, 7) is 0. The predicted molar refractivity (Wildman–Crippen MR) is 62.3 cm³/mol. The van der Waals surface area contributed by atoms with E-state index < -0.39 is 0 Å². The lowest BCUT2D eigenvalue weighted by Gasteiger charge is -2.07. The van der Waals surface area contributed by atoms with Crippen LogP contribution in [0.25, 0.3) is 5.69 Å². The maximum atomic E-state index is 5.62. The van der Waals surface area contributed by atoms with Gasteiger partial charge in [0.15, 0.2) is 0 Å². The van der Waals surface area contributed by atoms with E-state index in [1.54, 1.807) is 0 Å². The fourth-order valence-electron chi connectivity index (χ4n) is 1.31. The Balaban J connectivity index is 2.33. The molecule has 1 heterocycles. The molecule has 1 aromatic heterocycles. The van der Waals surface area contributed by atoms with Gasteiger partial charge in [-0.05, 0) is 24.3 Å². The van der Waals surface area contributed by atoms with Crippen molar-refractivity contribution >= 4 is 11.4 Å². The Morgan fingerprint density at radius 1 is 1.20 bits per heavy atom. The van der Waals surface area contributed by atoms with Gasteiger partial charge in [-0.2, -0.15) is 5.10 Å². The number of hydrogen-bond donors (Lipinski definition) is 1. The SMILES string of the molecule is CN(C)c1cnn(-c2ccc(N)cc2)c1. The summed E-state index contributed by atoms with van der Waals surface area (Å²) in [5, 5.41) is 4.27. The summed E-state index contributed by atoms with van der Waals surface area (Å²) in [7, 11) is 3.98. The lowest BCUT2D eigenvalue weighted by atomic mass is 10.3. The van der Waals surface area contributed by atoms with Crippen LogP contribution in [0.15, 0.2) is 36.7 Å². The molecule has 0 aliphatic heterocycles. The Hall–Kier alpha value is -1.97.